The van der Waals surface area contributed by atoms with Gasteiger partial charge >= 0.3 is 7.60 Å². The van der Waals surface area contributed by atoms with Crippen LogP contribution in [-0.4, -0.2) is 118 Å². The molecular formula is C95H97N10O13P. The topological polar surface area (TPSA) is 306 Å². The van der Waals surface area contributed by atoms with Crippen molar-refractivity contribution in [3.8, 4) is 120 Å². The quantitative estimate of drug-likeness (QED) is 0.0171. The molecular weight excluding hydrogens is 1520 g/mol. The lowest BCUT2D eigenvalue weighted by atomic mass is 9.99. The number of aromatic amines is 2. The first-order valence-corrected chi connectivity index (χ1v) is 40.3. The van der Waals surface area contributed by atoms with Gasteiger partial charge in [0, 0.05) is 119 Å². The molecule has 24 heteroatoms. The number of para-hydroxylation sites is 4. The molecule has 0 unspecified atom stereocenters. The second kappa shape index (κ2) is 38.3. The highest BCUT2D eigenvalue weighted by atomic mass is 31.2. The van der Waals surface area contributed by atoms with Crippen LogP contribution in [0.3, 0.4) is 0 Å². The summed E-state index contributed by atoms with van der Waals surface area (Å²) < 4.78 is 42.3. The molecule has 119 heavy (non-hydrogen) atoms. The highest BCUT2D eigenvalue weighted by Crippen LogP contribution is 2.46. The van der Waals surface area contributed by atoms with Gasteiger partial charge in [0.1, 0.15) is 64.2 Å². The number of nitrogens with zero attached hydrogens (tertiary/aromatic N) is 6. The molecule has 23 nitrogen and oxygen atoms in total. The number of carbonyl (C=O) groups is 2. The number of anilines is 4. The van der Waals surface area contributed by atoms with Gasteiger partial charge in [-0.1, -0.05) is 97.1 Å². The average Bonchev–Trinajstić information content (AvgIpc) is 1.68. The molecule has 0 aliphatic carbocycles. The Morgan fingerprint density at radius 3 is 1.49 bits per heavy atom. The van der Waals surface area contributed by atoms with Crippen LogP contribution in [0.15, 0.2) is 247 Å². The normalized spacial score (nSPS) is 11.0. The van der Waals surface area contributed by atoms with Gasteiger partial charge in [0.05, 0.1) is 40.2 Å². The van der Waals surface area contributed by atoms with E-state index < -0.39 is 7.60 Å². The number of aromatic hydroxyl groups is 3. The SMILES string of the molecule is CC(=O)Nc1cc(N(C)C)ccc1-c1nc(-c2cc(C)c(O)c(C)c2)oc1CCCOc1ccccc1.CN(C)c1ccc(-c2nc(-c3cc(Oc4ccccc4)c(O)c(Oc4ccccc4)c3)[nH]c2COc2ccccc2)cc1.CNC(=O)c1cc(N(C)C)ccc1-c1nc(-c2cc(C)c(O)c(C)c2)[nH]c1CCc1cccc(P(=O)(O)O)c1. The maximum Gasteiger partial charge on any atom is 0.356 e. The highest BCUT2D eigenvalue weighted by molar-refractivity contribution is 7.60. The smallest absolute Gasteiger partial charge is 0.356 e. The Morgan fingerprint density at radius 1 is 0.471 bits per heavy atom. The molecule has 0 radical (unpaired) electrons. The van der Waals surface area contributed by atoms with Gasteiger partial charge in [0.15, 0.2) is 11.5 Å². The molecule has 3 heterocycles. The largest absolute Gasteiger partial charge is 0.507 e. The van der Waals surface area contributed by atoms with Crippen LogP contribution < -0.4 is 49.6 Å². The number of aryl methyl sites for hydroxylation is 7. The number of imidazole rings is 2. The van der Waals surface area contributed by atoms with Gasteiger partial charge in [-0.2, -0.15) is 0 Å². The first-order valence-electron chi connectivity index (χ1n) is 38.7. The Kier molecular flexibility index (Phi) is 27.2. The van der Waals surface area contributed by atoms with Crippen molar-refractivity contribution >= 4 is 47.5 Å². The molecule has 3 aromatic heterocycles. The summed E-state index contributed by atoms with van der Waals surface area (Å²) in [5.41, 5.74) is 16.0. The van der Waals surface area contributed by atoms with Gasteiger partial charge in [-0.25, -0.2) is 15.0 Å². The zero-order valence-electron chi connectivity index (χ0n) is 68.5. The summed E-state index contributed by atoms with van der Waals surface area (Å²) in [6.45, 7) is 9.65. The van der Waals surface area contributed by atoms with E-state index in [-0.39, 0.29) is 52.5 Å². The van der Waals surface area contributed by atoms with Crippen molar-refractivity contribution in [2.45, 2.75) is 66.9 Å². The van der Waals surface area contributed by atoms with E-state index in [1.807, 2.05) is 280 Å². The fourth-order valence-electron chi connectivity index (χ4n) is 13.3. The fourth-order valence-corrected chi connectivity index (χ4v) is 13.9. The minimum absolute atomic E-state index is 0.0262. The van der Waals surface area contributed by atoms with E-state index in [1.165, 1.54) is 19.1 Å². The van der Waals surface area contributed by atoms with Gasteiger partial charge in [0.2, 0.25) is 17.5 Å². The number of hydrogen-bond acceptors (Lipinski definition) is 17. The summed E-state index contributed by atoms with van der Waals surface area (Å²) >= 11 is 0. The third kappa shape index (κ3) is 21.4. The first kappa shape index (κ1) is 84.5. The number of phenolic OH excluding ortho intramolecular Hbond substituents is 3. The number of nitrogens with one attached hydrogen (secondary N) is 4. The van der Waals surface area contributed by atoms with Crippen molar-refractivity contribution in [1.29, 1.82) is 0 Å². The Morgan fingerprint density at radius 2 is 0.958 bits per heavy atom. The van der Waals surface area contributed by atoms with E-state index in [2.05, 4.69) is 37.6 Å². The van der Waals surface area contributed by atoms with Crippen LogP contribution in [0.2, 0.25) is 0 Å². The summed E-state index contributed by atoms with van der Waals surface area (Å²) in [6, 6.07) is 75.0. The Balaban J connectivity index is 0.000000164. The van der Waals surface area contributed by atoms with Gasteiger partial charge in [-0.05, 0) is 220 Å². The van der Waals surface area contributed by atoms with Gasteiger partial charge in [-0.3, -0.25) is 14.2 Å². The number of hydrogen-bond donors (Lipinski definition) is 9. The van der Waals surface area contributed by atoms with E-state index in [4.69, 9.17) is 38.3 Å². The molecule has 0 aliphatic heterocycles. The van der Waals surface area contributed by atoms with Crippen LogP contribution in [0.25, 0.3) is 68.0 Å². The van der Waals surface area contributed by atoms with Crippen molar-refractivity contribution in [2.75, 3.05) is 76.0 Å². The molecule has 2 amide bonds. The molecule has 0 bridgehead atoms. The van der Waals surface area contributed by atoms with E-state index in [9.17, 15) is 39.3 Å². The van der Waals surface area contributed by atoms with E-state index in [0.29, 0.717) is 94.4 Å². The standard InChI is InChI=1S/C36H31N3O4.C30H33N3O4.C29H33N4O5P/c1-39(2)27-20-18-25(19-21-27)34-31(24-41-28-12-6-3-7-13-28)37-36(38-34)26-22-32(42-29-14-8-4-9-15-29)35(40)33(23-26)43-30-16-10-5-11-17-30;1-19-16-22(17-20(2)29(19)35)30-32-28(25-14-13-23(33(4)5)18-26(25)31-21(3)34)27(37-30)12-9-15-36-24-10-7-6-8-11-24;1-17-13-20(14-18(2)27(17)34)28-31-25(12-9-19-7-6-8-22(15-19)39(36,37)38)26(32-28)23-11-10-21(33(4)5)16-24(23)29(35)30-3/h3-23,40H,24H2,1-2H3,(H,37,38);6-8,10-11,13-14,16-18,35H,9,12,15H2,1-5H3,(H,31,34);6-8,10-11,13-16,34H,9,12H2,1-5H3,(H,30,35)(H,31,32)(H2,36,37,38). The Labute approximate surface area is 692 Å². The number of phenols is 3. The third-order valence-electron chi connectivity index (χ3n) is 19.6. The minimum Gasteiger partial charge on any atom is -0.507 e. The van der Waals surface area contributed by atoms with Crippen molar-refractivity contribution < 1.29 is 62.6 Å². The van der Waals surface area contributed by atoms with Gasteiger partial charge < -0.3 is 83.8 Å². The van der Waals surface area contributed by atoms with Crippen molar-refractivity contribution in [3.05, 3.63) is 293 Å². The zero-order chi connectivity index (χ0) is 84.6. The van der Waals surface area contributed by atoms with Crippen LogP contribution in [0.5, 0.6) is 51.7 Å². The summed E-state index contributed by atoms with van der Waals surface area (Å²) in [6.07, 6.45) is 2.28. The maximum atomic E-state index is 12.9. The molecule has 0 saturated carbocycles. The minimum atomic E-state index is -4.37. The molecule has 11 aromatic carbocycles. The van der Waals surface area contributed by atoms with Crippen molar-refractivity contribution in [3.63, 3.8) is 0 Å². The Hall–Kier alpha value is -13.9. The molecule has 0 fully saturated rings. The number of rotatable bonds is 27. The predicted molar refractivity (Wildman–Crippen MR) is 471 cm³/mol. The predicted octanol–water partition coefficient (Wildman–Crippen LogP) is 19.1. The number of carbonyl (C=O) groups excluding carboxylic acids is 2. The maximum absolute atomic E-state index is 12.9. The number of benzene rings is 11. The van der Waals surface area contributed by atoms with Crippen LogP contribution >= 0.6 is 7.60 Å². The fraction of sp³-hybridized carbons (Fsp3) is 0.189. The summed E-state index contributed by atoms with van der Waals surface area (Å²) in [5.74, 6) is 5.55. The second-order valence-electron chi connectivity index (χ2n) is 29.2. The molecule has 610 valence electrons. The lowest BCUT2D eigenvalue weighted by Crippen LogP contribution is -2.20. The van der Waals surface area contributed by atoms with Crippen LogP contribution in [-0.2, 0) is 35.2 Å². The van der Waals surface area contributed by atoms with E-state index in [0.717, 1.165) is 102 Å². The lowest BCUT2D eigenvalue weighted by molar-refractivity contribution is -0.114. The van der Waals surface area contributed by atoms with Crippen LogP contribution in [0, 0.1) is 27.7 Å². The summed E-state index contributed by atoms with van der Waals surface area (Å²) in [4.78, 5) is 71.8. The molecule has 0 aliphatic rings. The first-order chi connectivity index (χ1) is 57.1. The summed E-state index contributed by atoms with van der Waals surface area (Å²) in [7, 11) is 8.95. The molecule has 14 aromatic rings. The van der Waals surface area contributed by atoms with Crippen LogP contribution in [0.4, 0.5) is 22.7 Å². The molecule has 0 spiro atoms. The van der Waals surface area contributed by atoms with Crippen molar-refractivity contribution in [2.24, 2.45) is 0 Å². The number of aromatic nitrogens is 5. The molecule has 9 N–H and O–H groups in total. The van der Waals surface area contributed by atoms with E-state index in [1.54, 1.807) is 25.2 Å². The number of amides is 2. The lowest BCUT2D eigenvalue weighted by Gasteiger charge is -2.16. The van der Waals surface area contributed by atoms with Gasteiger partial charge in [-0.15, -0.1) is 0 Å². The molecule has 0 saturated heterocycles. The summed E-state index contributed by atoms with van der Waals surface area (Å²) in [5, 5.41) is 37.3. The van der Waals surface area contributed by atoms with Gasteiger partial charge in [0.25, 0.3) is 5.91 Å². The molecule has 14 rings (SSSR count). The monoisotopic (exact) mass is 1620 g/mol. The molecule has 0 atom stereocenters. The number of ether oxygens (including phenoxy) is 4. The number of oxazole rings is 1. The Bertz CT molecular complexity index is 5800. The zero-order valence-corrected chi connectivity index (χ0v) is 69.4. The van der Waals surface area contributed by atoms with Crippen molar-refractivity contribution in [1.82, 2.24) is 30.2 Å². The number of H-pyrrole nitrogens is 2. The van der Waals surface area contributed by atoms with E-state index >= 15 is 0 Å². The third-order valence-corrected chi connectivity index (χ3v) is 20.5. The average molecular weight is 1620 g/mol. The second-order valence-corrected chi connectivity index (χ2v) is 30.8. The highest BCUT2D eigenvalue weighted by Gasteiger charge is 2.26. The van der Waals surface area contributed by atoms with Crippen LogP contribution in [0.1, 0.15) is 68.7 Å².